The van der Waals surface area contributed by atoms with Crippen LogP contribution in [-0.4, -0.2) is 60.7 Å². The van der Waals surface area contributed by atoms with Gasteiger partial charge < -0.3 is 31.2 Å². The van der Waals surface area contributed by atoms with Gasteiger partial charge in [-0.25, -0.2) is 0 Å². The number of carbonyl (C=O) groups excluding carboxylic acids is 2. The Kier molecular flexibility index (Phi) is 5.28. The average molecular weight is 381 g/mol. The van der Waals surface area contributed by atoms with Crippen molar-refractivity contribution < 1.29 is 19.1 Å². The molecule has 2 aliphatic rings. The third kappa shape index (κ3) is 3.58. The lowest BCUT2D eigenvalue weighted by Gasteiger charge is -2.24. The normalized spacial score (nSPS) is 22.5. The van der Waals surface area contributed by atoms with Crippen LogP contribution in [0.25, 0.3) is 0 Å². The standard InChI is InChI=1S/C16H23N5O4S/c1-9(12-4-10(7-26-12)14(18)19)20-15(23)11-5-16(24-2-3-25-16)8-21(11)13(22)6-17/h4,7,9,11H,2-3,5-6,8,17H2,1H3,(H3,18,19)(H,20,23)/t9?,11-/m0/s1. The van der Waals surface area contributed by atoms with Crippen molar-refractivity contribution in [2.45, 2.75) is 31.2 Å². The SMILES string of the molecule is CC(NC(=O)[C@@H]1CC2(CN1C(=O)CN)OCCO2)c1cc(C(=N)N)cs1. The molecule has 0 aromatic carbocycles. The molecule has 3 rings (SSSR count). The Morgan fingerprint density at radius 2 is 2.19 bits per heavy atom. The van der Waals surface area contributed by atoms with Crippen molar-refractivity contribution in [3.05, 3.63) is 21.9 Å². The maximum atomic E-state index is 12.8. The van der Waals surface area contributed by atoms with Crippen LogP contribution in [0.4, 0.5) is 0 Å². The number of hydrogen-bond donors (Lipinski definition) is 4. The van der Waals surface area contributed by atoms with E-state index in [1.807, 2.05) is 6.92 Å². The van der Waals surface area contributed by atoms with Gasteiger partial charge in [-0.2, -0.15) is 0 Å². The predicted molar refractivity (Wildman–Crippen MR) is 95.7 cm³/mol. The van der Waals surface area contributed by atoms with Gasteiger partial charge in [0.05, 0.1) is 32.3 Å². The maximum Gasteiger partial charge on any atom is 0.243 e. The number of rotatable bonds is 5. The molecule has 10 heteroatoms. The van der Waals surface area contributed by atoms with Crippen LogP contribution in [0.2, 0.25) is 0 Å². The van der Waals surface area contributed by atoms with Gasteiger partial charge in [0.25, 0.3) is 0 Å². The van der Waals surface area contributed by atoms with Crippen LogP contribution < -0.4 is 16.8 Å². The molecule has 2 atom stereocenters. The highest BCUT2D eigenvalue weighted by Crippen LogP contribution is 2.35. The Morgan fingerprint density at radius 1 is 1.50 bits per heavy atom. The lowest BCUT2D eigenvalue weighted by molar-refractivity contribution is -0.151. The van der Waals surface area contributed by atoms with Crippen LogP contribution >= 0.6 is 11.3 Å². The van der Waals surface area contributed by atoms with Crippen LogP contribution in [0.5, 0.6) is 0 Å². The summed E-state index contributed by atoms with van der Waals surface area (Å²) < 4.78 is 11.3. The Morgan fingerprint density at radius 3 is 2.77 bits per heavy atom. The molecule has 1 aromatic heterocycles. The molecule has 2 fully saturated rings. The second kappa shape index (κ2) is 7.31. The summed E-state index contributed by atoms with van der Waals surface area (Å²) in [6.45, 7) is 2.75. The minimum atomic E-state index is -0.916. The molecule has 142 valence electrons. The number of nitrogen functional groups attached to an aromatic ring is 1. The highest BCUT2D eigenvalue weighted by molar-refractivity contribution is 7.10. The Hall–Kier alpha value is -2.01. The van der Waals surface area contributed by atoms with Gasteiger partial charge in [-0.3, -0.25) is 15.0 Å². The molecule has 6 N–H and O–H groups in total. The first-order valence-electron chi connectivity index (χ1n) is 8.36. The largest absolute Gasteiger partial charge is 0.384 e. The summed E-state index contributed by atoms with van der Waals surface area (Å²) in [7, 11) is 0. The summed E-state index contributed by atoms with van der Waals surface area (Å²) >= 11 is 1.42. The zero-order valence-corrected chi connectivity index (χ0v) is 15.3. The minimum Gasteiger partial charge on any atom is -0.384 e. The van der Waals surface area contributed by atoms with Crippen molar-refractivity contribution in [3.63, 3.8) is 0 Å². The molecule has 1 spiro atoms. The molecule has 2 aliphatic heterocycles. The first-order valence-corrected chi connectivity index (χ1v) is 9.24. The van der Waals surface area contributed by atoms with Gasteiger partial charge in [0, 0.05) is 22.2 Å². The number of thiophene rings is 1. The van der Waals surface area contributed by atoms with E-state index >= 15 is 0 Å². The molecule has 0 bridgehead atoms. The van der Waals surface area contributed by atoms with Gasteiger partial charge in [-0.1, -0.05) is 0 Å². The van der Waals surface area contributed by atoms with E-state index in [4.69, 9.17) is 26.4 Å². The molecular formula is C16H23N5O4S. The lowest BCUT2D eigenvalue weighted by Crippen LogP contribution is -2.48. The molecule has 9 nitrogen and oxygen atoms in total. The maximum absolute atomic E-state index is 12.8. The summed E-state index contributed by atoms with van der Waals surface area (Å²) in [4.78, 5) is 27.3. The van der Waals surface area contributed by atoms with Crippen molar-refractivity contribution in [2.75, 3.05) is 26.3 Å². The van der Waals surface area contributed by atoms with Crippen molar-refractivity contribution in [1.29, 1.82) is 5.41 Å². The van der Waals surface area contributed by atoms with E-state index in [0.717, 1.165) is 4.88 Å². The lowest BCUT2D eigenvalue weighted by atomic mass is 10.1. The first-order chi connectivity index (χ1) is 12.3. The molecule has 26 heavy (non-hydrogen) atoms. The van der Waals surface area contributed by atoms with Crippen molar-refractivity contribution in [2.24, 2.45) is 11.5 Å². The molecular weight excluding hydrogens is 358 g/mol. The second-order valence-corrected chi connectivity index (χ2v) is 7.38. The average Bonchev–Trinajstić information content (AvgIpc) is 3.34. The topological polar surface area (TPSA) is 144 Å². The molecule has 1 aromatic rings. The highest BCUT2D eigenvalue weighted by Gasteiger charge is 2.52. The predicted octanol–water partition coefficient (Wildman–Crippen LogP) is -0.488. The summed E-state index contributed by atoms with van der Waals surface area (Å²) in [5, 5.41) is 12.2. The van der Waals surface area contributed by atoms with Crippen LogP contribution in [-0.2, 0) is 19.1 Å². The monoisotopic (exact) mass is 381 g/mol. The minimum absolute atomic E-state index is 0.0148. The van der Waals surface area contributed by atoms with Crippen molar-refractivity contribution in [3.8, 4) is 0 Å². The fourth-order valence-electron chi connectivity index (χ4n) is 3.26. The number of nitrogens with two attached hydrogens (primary N) is 2. The van der Waals surface area contributed by atoms with E-state index in [9.17, 15) is 9.59 Å². The number of amidine groups is 1. The second-order valence-electron chi connectivity index (χ2n) is 6.43. The van der Waals surface area contributed by atoms with E-state index in [1.54, 1.807) is 11.4 Å². The van der Waals surface area contributed by atoms with Crippen LogP contribution in [0.3, 0.4) is 0 Å². The number of nitrogens with one attached hydrogen (secondary N) is 2. The van der Waals surface area contributed by atoms with E-state index < -0.39 is 11.8 Å². The smallest absolute Gasteiger partial charge is 0.243 e. The molecule has 2 saturated heterocycles. The van der Waals surface area contributed by atoms with E-state index in [2.05, 4.69) is 5.32 Å². The highest BCUT2D eigenvalue weighted by atomic mass is 32.1. The molecule has 0 saturated carbocycles. The Balaban J connectivity index is 1.71. The number of amides is 2. The Labute approximate surface area is 155 Å². The van der Waals surface area contributed by atoms with Crippen molar-refractivity contribution >= 4 is 29.0 Å². The van der Waals surface area contributed by atoms with E-state index in [1.165, 1.54) is 16.2 Å². The van der Waals surface area contributed by atoms with Gasteiger partial charge in [-0.05, 0) is 13.0 Å². The summed E-state index contributed by atoms with van der Waals surface area (Å²) in [5.41, 5.74) is 11.6. The summed E-state index contributed by atoms with van der Waals surface area (Å²) in [5.74, 6) is -1.53. The van der Waals surface area contributed by atoms with Crippen molar-refractivity contribution in [1.82, 2.24) is 10.2 Å². The quantitative estimate of drug-likeness (QED) is 0.400. The van der Waals surface area contributed by atoms with Gasteiger partial charge in [-0.15, -0.1) is 11.3 Å². The number of nitrogens with zero attached hydrogens (tertiary/aromatic N) is 1. The van der Waals surface area contributed by atoms with Gasteiger partial charge in [0.15, 0.2) is 5.79 Å². The fraction of sp³-hybridized carbons (Fsp3) is 0.562. The van der Waals surface area contributed by atoms with Gasteiger partial charge in [0.2, 0.25) is 11.8 Å². The number of ether oxygens (including phenoxy) is 2. The van der Waals surface area contributed by atoms with Crippen LogP contribution in [0.1, 0.15) is 29.8 Å². The van der Waals surface area contributed by atoms with Crippen LogP contribution in [0.15, 0.2) is 11.4 Å². The summed E-state index contributed by atoms with van der Waals surface area (Å²) in [6, 6.07) is 0.802. The Bertz CT molecular complexity index is 715. The third-order valence-electron chi connectivity index (χ3n) is 4.62. The van der Waals surface area contributed by atoms with Crippen LogP contribution in [0, 0.1) is 5.41 Å². The van der Waals surface area contributed by atoms with E-state index in [-0.39, 0.29) is 43.2 Å². The first kappa shape index (κ1) is 18.8. The fourth-order valence-corrected chi connectivity index (χ4v) is 4.18. The zero-order chi connectivity index (χ0) is 18.9. The third-order valence-corrected chi connectivity index (χ3v) is 5.73. The van der Waals surface area contributed by atoms with Gasteiger partial charge >= 0.3 is 0 Å². The molecule has 2 amide bonds. The molecule has 3 heterocycles. The number of likely N-dealkylation sites (tertiary alicyclic amines) is 1. The number of hydrogen-bond acceptors (Lipinski definition) is 7. The van der Waals surface area contributed by atoms with E-state index in [0.29, 0.717) is 18.8 Å². The van der Waals surface area contributed by atoms with Gasteiger partial charge in [0.1, 0.15) is 11.9 Å². The molecule has 0 aliphatic carbocycles. The molecule has 0 radical (unpaired) electrons. The number of carbonyl (C=O) groups is 2. The zero-order valence-electron chi connectivity index (χ0n) is 14.5. The summed E-state index contributed by atoms with van der Waals surface area (Å²) in [6.07, 6.45) is 0.278. The molecule has 1 unspecified atom stereocenters.